The van der Waals surface area contributed by atoms with Crippen molar-refractivity contribution < 1.29 is 18.4 Å². The summed E-state index contributed by atoms with van der Waals surface area (Å²) in [5, 5.41) is 6.31. The van der Waals surface area contributed by atoms with Gasteiger partial charge in [-0.2, -0.15) is 5.10 Å². The molecule has 0 aliphatic rings. The highest BCUT2D eigenvalue weighted by molar-refractivity contribution is 5.98. The minimum Gasteiger partial charge on any atom is -0.340 e. The molecule has 0 aliphatic carbocycles. The molecule has 26 heavy (non-hydrogen) atoms. The van der Waals surface area contributed by atoms with Gasteiger partial charge in [0.05, 0.1) is 11.8 Å². The summed E-state index contributed by atoms with van der Waals surface area (Å²) in [4.78, 5) is 24.5. The van der Waals surface area contributed by atoms with Crippen LogP contribution < -0.4 is 10.7 Å². The summed E-state index contributed by atoms with van der Waals surface area (Å²) >= 11 is 0. The van der Waals surface area contributed by atoms with Crippen LogP contribution in [0.1, 0.15) is 29.8 Å². The Morgan fingerprint density at radius 3 is 2.31 bits per heavy atom. The third kappa shape index (κ3) is 5.20. The van der Waals surface area contributed by atoms with Gasteiger partial charge in [-0.3, -0.25) is 9.59 Å². The van der Waals surface area contributed by atoms with Crippen molar-refractivity contribution in [2.75, 3.05) is 0 Å². The molecule has 7 heteroatoms. The quantitative estimate of drug-likeness (QED) is 0.615. The van der Waals surface area contributed by atoms with Crippen molar-refractivity contribution in [1.29, 1.82) is 0 Å². The highest BCUT2D eigenvalue weighted by atomic mass is 19.1. The van der Waals surface area contributed by atoms with E-state index in [0.29, 0.717) is 5.56 Å². The molecule has 1 unspecified atom stereocenters. The number of benzene rings is 2. The molecular weight excluding hydrogens is 340 g/mol. The monoisotopic (exact) mass is 359 g/mol. The maximum absolute atomic E-state index is 13.7. The number of nitrogens with one attached hydrogen (secondary N) is 2. The Balaban J connectivity index is 2.02. The van der Waals surface area contributed by atoms with Gasteiger partial charge in [-0.15, -0.1) is 0 Å². The van der Waals surface area contributed by atoms with E-state index >= 15 is 0 Å². The first-order valence-electron chi connectivity index (χ1n) is 8.02. The molecule has 0 heterocycles. The molecule has 2 amide bonds. The minimum absolute atomic E-state index is 0.138. The van der Waals surface area contributed by atoms with Gasteiger partial charge in [0.15, 0.2) is 0 Å². The van der Waals surface area contributed by atoms with Gasteiger partial charge in [0.25, 0.3) is 11.8 Å². The molecular formula is C19H19F2N3O2. The van der Waals surface area contributed by atoms with Crippen molar-refractivity contribution in [3.63, 3.8) is 0 Å². The zero-order valence-electron chi connectivity index (χ0n) is 14.4. The standard InChI is InChI=1S/C19H19F2N3O2/c1-12(2)17(23-18(25)15-5-3-4-6-16(15)21)19(26)24-22-11-13-7-9-14(20)10-8-13/h3-12,17H,1-2H3,(H,23,25)(H,24,26). The molecule has 5 nitrogen and oxygen atoms in total. The van der Waals surface area contributed by atoms with Crippen molar-refractivity contribution in [3.8, 4) is 0 Å². The molecule has 0 saturated carbocycles. The summed E-state index contributed by atoms with van der Waals surface area (Å²) in [6.45, 7) is 3.49. The van der Waals surface area contributed by atoms with E-state index in [1.165, 1.54) is 54.7 Å². The number of carbonyl (C=O) groups is 2. The van der Waals surface area contributed by atoms with Gasteiger partial charge in [0.1, 0.15) is 17.7 Å². The molecule has 2 aromatic rings. The van der Waals surface area contributed by atoms with E-state index in [-0.39, 0.29) is 17.3 Å². The zero-order valence-corrected chi connectivity index (χ0v) is 14.4. The highest BCUT2D eigenvalue weighted by Crippen LogP contribution is 2.09. The molecule has 0 saturated heterocycles. The molecule has 0 aliphatic heterocycles. The molecule has 0 spiro atoms. The van der Waals surface area contributed by atoms with E-state index in [9.17, 15) is 18.4 Å². The second kappa shape index (κ2) is 8.84. The van der Waals surface area contributed by atoms with Crippen LogP contribution in [0.4, 0.5) is 8.78 Å². The smallest absolute Gasteiger partial charge is 0.262 e. The molecule has 2 rings (SSSR count). The number of hydrogen-bond acceptors (Lipinski definition) is 3. The summed E-state index contributed by atoms with van der Waals surface area (Å²) in [7, 11) is 0. The van der Waals surface area contributed by atoms with Crippen LogP contribution in [-0.4, -0.2) is 24.1 Å². The molecule has 136 valence electrons. The number of rotatable bonds is 6. The van der Waals surface area contributed by atoms with Crippen LogP contribution >= 0.6 is 0 Å². The second-order valence-electron chi connectivity index (χ2n) is 5.96. The fourth-order valence-corrected chi connectivity index (χ4v) is 2.19. The summed E-state index contributed by atoms with van der Waals surface area (Å²) in [5.74, 6) is -2.50. The van der Waals surface area contributed by atoms with Crippen LogP contribution in [0.25, 0.3) is 0 Å². The predicted molar refractivity (Wildman–Crippen MR) is 94.6 cm³/mol. The Bertz CT molecular complexity index is 805. The first-order chi connectivity index (χ1) is 12.4. The minimum atomic E-state index is -0.896. The van der Waals surface area contributed by atoms with Crippen LogP contribution in [-0.2, 0) is 4.79 Å². The fraction of sp³-hybridized carbons (Fsp3) is 0.211. The van der Waals surface area contributed by atoms with Gasteiger partial charge >= 0.3 is 0 Å². The predicted octanol–water partition coefficient (Wildman–Crippen LogP) is 2.87. The lowest BCUT2D eigenvalue weighted by Crippen LogP contribution is -2.48. The summed E-state index contributed by atoms with van der Waals surface area (Å²) in [5.41, 5.74) is 2.79. The Morgan fingerprint density at radius 1 is 1.04 bits per heavy atom. The molecule has 2 N–H and O–H groups in total. The number of nitrogens with zero attached hydrogens (tertiary/aromatic N) is 1. The van der Waals surface area contributed by atoms with Crippen molar-refractivity contribution in [2.45, 2.75) is 19.9 Å². The van der Waals surface area contributed by atoms with E-state index in [2.05, 4.69) is 15.8 Å². The first-order valence-corrected chi connectivity index (χ1v) is 8.02. The SMILES string of the molecule is CC(C)C(NC(=O)c1ccccc1F)C(=O)NN=Cc1ccc(F)cc1. The zero-order chi connectivity index (χ0) is 19.1. The Kier molecular flexibility index (Phi) is 6.54. The summed E-state index contributed by atoms with van der Waals surface area (Å²) in [6.07, 6.45) is 1.35. The molecule has 0 radical (unpaired) electrons. The van der Waals surface area contributed by atoms with Gasteiger partial charge in [0, 0.05) is 0 Å². The third-order valence-electron chi connectivity index (χ3n) is 3.61. The largest absolute Gasteiger partial charge is 0.340 e. The Hall–Kier alpha value is -3.09. The third-order valence-corrected chi connectivity index (χ3v) is 3.61. The second-order valence-corrected chi connectivity index (χ2v) is 5.96. The van der Waals surface area contributed by atoms with Gasteiger partial charge in [0.2, 0.25) is 0 Å². The van der Waals surface area contributed by atoms with Crippen molar-refractivity contribution in [1.82, 2.24) is 10.7 Å². The maximum atomic E-state index is 13.7. The molecule has 0 fully saturated rings. The normalized spacial score (nSPS) is 12.2. The van der Waals surface area contributed by atoms with Crippen LogP contribution in [0.3, 0.4) is 0 Å². The van der Waals surface area contributed by atoms with Crippen molar-refractivity contribution in [3.05, 3.63) is 71.3 Å². The van der Waals surface area contributed by atoms with Crippen molar-refractivity contribution >= 4 is 18.0 Å². The van der Waals surface area contributed by atoms with Gasteiger partial charge in [-0.1, -0.05) is 38.1 Å². The Morgan fingerprint density at radius 2 is 1.69 bits per heavy atom. The van der Waals surface area contributed by atoms with Crippen molar-refractivity contribution in [2.24, 2.45) is 11.0 Å². The number of hydrazone groups is 1. The van der Waals surface area contributed by atoms with E-state index in [4.69, 9.17) is 0 Å². The summed E-state index contributed by atoms with van der Waals surface area (Å²) in [6, 6.07) is 10.2. The highest BCUT2D eigenvalue weighted by Gasteiger charge is 2.25. The lowest BCUT2D eigenvalue weighted by molar-refractivity contribution is -0.123. The lowest BCUT2D eigenvalue weighted by atomic mass is 10.0. The van der Waals surface area contributed by atoms with Crippen LogP contribution in [0.15, 0.2) is 53.6 Å². The van der Waals surface area contributed by atoms with Gasteiger partial charge < -0.3 is 5.32 Å². The molecule has 1 atom stereocenters. The van der Waals surface area contributed by atoms with Crippen LogP contribution in [0.5, 0.6) is 0 Å². The van der Waals surface area contributed by atoms with Crippen LogP contribution in [0, 0.1) is 17.6 Å². The molecule has 2 aromatic carbocycles. The van der Waals surface area contributed by atoms with Gasteiger partial charge in [-0.05, 0) is 35.7 Å². The topological polar surface area (TPSA) is 70.6 Å². The number of hydrogen-bond donors (Lipinski definition) is 2. The maximum Gasteiger partial charge on any atom is 0.262 e. The first kappa shape index (κ1) is 19.2. The number of carbonyl (C=O) groups excluding carboxylic acids is 2. The van der Waals surface area contributed by atoms with E-state index in [0.717, 1.165) is 0 Å². The van der Waals surface area contributed by atoms with E-state index < -0.39 is 23.7 Å². The lowest BCUT2D eigenvalue weighted by Gasteiger charge is -2.20. The average molecular weight is 359 g/mol. The van der Waals surface area contributed by atoms with E-state index in [1.807, 2.05) is 0 Å². The number of amides is 2. The average Bonchev–Trinajstić information content (AvgIpc) is 2.61. The fourth-order valence-electron chi connectivity index (χ4n) is 2.19. The number of halogens is 2. The molecule has 0 aromatic heterocycles. The Labute approximate surface area is 150 Å². The van der Waals surface area contributed by atoms with Crippen LogP contribution in [0.2, 0.25) is 0 Å². The van der Waals surface area contributed by atoms with Gasteiger partial charge in [-0.25, -0.2) is 14.2 Å². The molecule has 0 bridgehead atoms. The van der Waals surface area contributed by atoms with E-state index in [1.54, 1.807) is 13.8 Å². The summed E-state index contributed by atoms with van der Waals surface area (Å²) < 4.78 is 26.5.